The number of hydrogen-bond donors (Lipinski definition) is 0. The molecule has 0 aliphatic rings. The highest BCUT2D eigenvalue weighted by Crippen LogP contribution is 2.29. The van der Waals surface area contributed by atoms with Gasteiger partial charge >= 0.3 is 6.36 Å². The molecule has 98 valence electrons. The fourth-order valence-corrected chi connectivity index (χ4v) is 1.11. The first kappa shape index (κ1) is 14.5. The second-order valence-corrected chi connectivity index (χ2v) is 3.11. The van der Waals surface area contributed by atoms with Crippen molar-refractivity contribution in [3.63, 3.8) is 0 Å². The van der Waals surface area contributed by atoms with Gasteiger partial charge in [0.25, 0.3) is 0 Å². The van der Waals surface area contributed by atoms with Gasteiger partial charge in [0, 0.05) is 5.56 Å². The molecule has 1 rings (SSSR count). The van der Waals surface area contributed by atoms with Crippen LogP contribution in [0.2, 0.25) is 0 Å². The molecule has 0 amide bonds. The third-order valence-corrected chi connectivity index (χ3v) is 1.84. The molecule has 0 aliphatic heterocycles. The van der Waals surface area contributed by atoms with Gasteiger partial charge < -0.3 is 4.74 Å². The fourth-order valence-electron chi connectivity index (χ4n) is 1.11. The summed E-state index contributed by atoms with van der Waals surface area (Å²) >= 11 is 0. The van der Waals surface area contributed by atoms with Crippen molar-refractivity contribution in [2.24, 2.45) is 0 Å². The largest absolute Gasteiger partial charge is 0.573 e. The number of halogens is 5. The molecule has 0 heterocycles. The highest BCUT2D eigenvalue weighted by atomic mass is 19.4. The van der Waals surface area contributed by atoms with Gasteiger partial charge in [-0.1, -0.05) is 0 Å². The lowest BCUT2D eigenvalue weighted by Gasteiger charge is -2.10. The monoisotopic (exact) mass is 274 g/mol. The summed E-state index contributed by atoms with van der Waals surface area (Å²) in [5.41, 5.74) is -1.06. The number of nitrogens with zero attached hydrogens (tertiary/aromatic N) is 2. The minimum atomic E-state index is -5.16. The SMILES string of the molecule is N#CC(C#N)=Cc1ccc(OC(F)(F)F)c(F)c1F. The third-order valence-electron chi connectivity index (χ3n) is 1.84. The Labute approximate surface area is 103 Å². The second kappa shape index (κ2) is 5.36. The van der Waals surface area contributed by atoms with E-state index in [9.17, 15) is 22.0 Å². The van der Waals surface area contributed by atoms with Crippen molar-refractivity contribution in [1.29, 1.82) is 10.5 Å². The Balaban J connectivity index is 3.24. The van der Waals surface area contributed by atoms with E-state index in [2.05, 4.69) is 4.74 Å². The van der Waals surface area contributed by atoms with Crippen LogP contribution in [0.5, 0.6) is 5.75 Å². The molecule has 8 heteroatoms. The maximum Gasteiger partial charge on any atom is 0.573 e. The summed E-state index contributed by atoms with van der Waals surface area (Å²) < 4.78 is 65.5. The average molecular weight is 274 g/mol. The molecule has 3 nitrogen and oxygen atoms in total. The zero-order valence-corrected chi connectivity index (χ0v) is 8.92. The minimum Gasteiger partial charge on any atom is -0.403 e. The topological polar surface area (TPSA) is 56.8 Å². The maximum atomic E-state index is 13.4. The first-order valence-corrected chi connectivity index (χ1v) is 4.54. The molecule has 1 aromatic carbocycles. The van der Waals surface area contributed by atoms with Crippen LogP contribution in [-0.2, 0) is 0 Å². The fraction of sp³-hybridized carbons (Fsp3) is 0.0909. The van der Waals surface area contributed by atoms with Crippen molar-refractivity contribution < 1.29 is 26.7 Å². The Bertz CT molecular complexity index is 591. The molecule has 0 unspecified atom stereocenters. The van der Waals surface area contributed by atoms with Gasteiger partial charge in [-0.05, 0) is 18.2 Å². The minimum absolute atomic E-state index is 0.525. The van der Waals surface area contributed by atoms with Crippen molar-refractivity contribution in [1.82, 2.24) is 0 Å². The Morgan fingerprint density at radius 3 is 2.16 bits per heavy atom. The van der Waals surface area contributed by atoms with Crippen LogP contribution in [-0.4, -0.2) is 6.36 Å². The zero-order chi connectivity index (χ0) is 14.6. The molecule has 0 aliphatic carbocycles. The van der Waals surface area contributed by atoms with Crippen LogP contribution < -0.4 is 4.74 Å². The van der Waals surface area contributed by atoms with Gasteiger partial charge in [0.2, 0.25) is 5.82 Å². The smallest absolute Gasteiger partial charge is 0.403 e. The molecular weight excluding hydrogens is 271 g/mol. The van der Waals surface area contributed by atoms with Crippen molar-refractivity contribution in [2.45, 2.75) is 6.36 Å². The van der Waals surface area contributed by atoms with Gasteiger partial charge in [-0.3, -0.25) is 0 Å². The zero-order valence-electron chi connectivity index (χ0n) is 8.92. The van der Waals surface area contributed by atoms with Gasteiger partial charge in [0.1, 0.15) is 17.7 Å². The molecule has 0 N–H and O–H groups in total. The van der Waals surface area contributed by atoms with E-state index in [-0.39, 0.29) is 0 Å². The summed E-state index contributed by atoms with van der Waals surface area (Å²) in [5, 5.41) is 16.8. The number of allylic oxidation sites excluding steroid dienone is 1. The molecule has 19 heavy (non-hydrogen) atoms. The molecular formula is C11H3F5N2O. The molecule has 0 bridgehead atoms. The standard InChI is InChI=1S/C11H3F5N2O/c12-9-7(3-6(4-17)5-18)1-2-8(10(9)13)19-11(14,15)16/h1-3H. The lowest BCUT2D eigenvalue weighted by atomic mass is 10.1. The number of alkyl halides is 3. The first-order chi connectivity index (χ1) is 8.78. The number of ether oxygens (including phenoxy) is 1. The molecule has 0 spiro atoms. The summed E-state index contributed by atoms with van der Waals surface area (Å²) in [5.74, 6) is -4.84. The van der Waals surface area contributed by atoms with Gasteiger partial charge in [-0.15, -0.1) is 13.2 Å². The summed E-state index contributed by atoms with van der Waals surface area (Å²) in [4.78, 5) is 0. The summed E-state index contributed by atoms with van der Waals surface area (Å²) in [6.45, 7) is 0. The molecule has 0 aromatic heterocycles. The summed E-state index contributed by atoms with van der Waals surface area (Å²) in [7, 11) is 0. The van der Waals surface area contributed by atoms with Crippen LogP contribution in [0.1, 0.15) is 5.56 Å². The molecule has 0 radical (unpaired) electrons. The highest BCUT2D eigenvalue weighted by Gasteiger charge is 2.33. The van der Waals surface area contributed by atoms with E-state index in [1.807, 2.05) is 0 Å². The summed E-state index contributed by atoms with van der Waals surface area (Å²) in [6.07, 6.45) is -4.45. The van der Waals surface area contributed by atoms with E-state index < -0.39 is 34.9 Å². The van der Waals surface area contributed by atoms with Crippen molar-refractivity contribution >= 4 is 6.08 Å². The van der Waals surface area contributed by atoms with E-state index >= 15 is 0 Å². The lowest BCUT2D eigenvalue weighted by Crippen LogP contribution is -2.18. The third kappa shape index (κ3) is 3.68. The van der Waals surface area contributed by atoms with Crippen LogP contribution in [0, 0.1) is 34.3 Å². The van der Waals surface area contributed by atoms with Crippen molar-refractivity contribution in [3.05, 3.63) is 34.9 Å². The van der Waals surface area contributed by atoms with E-state index in [0.29, 0.717) is 12.1 Å². The van der Waals surface area contributed by atoms with E-state index in [1.54, 1.807) is 0 Å². The molecule has 0 atom stereocenters. The van der Waals surface area contributed by atoms with E-state index in [1.165, 1.54) is 12.1 Å². The molecule has 0 saturated carbocycles. The Hall–Kier alpha value is -2.61. The second-order valence-electron chi connectivity index (χ2n) is 3.11. The quantitative estimate of drug-likeness (QED) is 0.614. The van der Waals surface area contributed by atoms with Gasteiger partial charge in [-0.2, -0.15) is 14.9 Å². The Kier molecular flexibility index (Phi) is 4.07. The Morgan fingerprint density at radius 1 is 1.11 bits per heavy atom. The first-order valence-electron chi connectivity index (χ1n) is 4.54. The average Bonchev–Trinajstić information content (AvgIpc) is 2.33. The van der Waals surface area contributed by atoms with Gasteiger partial charge in [0.05, 0.1) is 0 Å². The van der Waals surface area contributed by atoms with Gasteiger partial charge in [-0.25, -0.2) is 4.39 Å². The van der Waals surface area contributed by atoms with Crippen LogP contribution in [0.15, 0.2) is 17.7 Å². The normalized spacial score (nSPS) is 10.3. The number of rotatable bonds is 2. The maximum absolute atomic E-state index is 13.4. The van der Waals surface area contributed by atoms with Crippen molar-refractivity contribution in [2.75, 3.05) is 0 Å². The number of benzene rings is 1. The number of hydrogen-bond acceptors (Lipinski definition) is 3. The molecule has 0 fully saturated rings. The van der Waals surface area contributed by atoms with Gasteiger partial charge in [0.15, 0.2) is 11.6 Å². The van der Waals surface area contributed by atoms with Crippen LogP contribution in [0.25, 0.3) is 6.08 Å². The molecule has 0 saturated heterocycles. The van der Waals surface area contributed by atoms with Crippen LogP contribution >= 0.6 is 0 Å². The Morgan fingerprint density at radius 2 is 1.68 bits per heavy atom. The van der Waals surface area contributed by atoms with Crippen molar-refractivity contribution in [3.8, 4) is 17.9 Å². The van der Waals surface area contributed by atoms with E-state index in [0.717, 1.165) is 6.07 Å². The van der Waals surface area contributed by atoms with Crippen LogP contribution in [0.4, 0.5) is 22.0 Å². The van der Waals surface area contributed by atoms with E-state index in [4.69, 9.17) is 10.5 Å². The summed E-state index contributed by atoms with van der Waals surface area (Å²) in [6, 6.07) is 4.10. The predicted octanol–water partition coefficient (Wildman–Crippen LogP) is 3.29. The van der Waals surface area contributed by atoms with Crippen LogP contribution in [0.3, 0.4) is 0 Å². The lowest BCUT2D eigenvalue weighted by molar-refractivity contribution is -0.275. The number of nitriles is 2. The highest BCUT2D eigenvalue weighted by molar-refractivity contribution is 5.63. The predicted molar refractivity (Wildman–Crippen MR) is 52.2 cm³/mol. The molecule has 1 aromatic rings.